The number of thiazole rings is 1. The fourth-order valence-electron chi connectivity index (χ4n) is 6.12. The van der Waals surface area contributed by atoms with E-state index in [1.54, 1.807) is 24.7 Å². The maximum Gasteiger partial charge on any atom is 0.511 e. The van der Waals surface area contributed by atoms with E-state index in [4.69, 9.17) is 25.8 Å². The second kappa shape index (κ2) is 11.6. The molecule has 0 unspecified atom stereocenters. The highest BCUT2D eigenvalue weighted by Crippen LogP contribution is 2.50. The quantitative estimate of drug-likeness (QED) is 0.200. The van der Waals surface area contributed by atoms with Crippen molar-refractivity contribution < 1.29 is 28.2 Å². The fourth-order valence-corrected chi connectivity index (χ4v) is 6.87. The molecule has 0 aromatic carbocycles. The third-order valence-corrected chi connectivity index (χ3v) is 8.84. The van der Waals surface area contributed by atoms with Crippen LogP contribution in [0.2, 0.25) is 5.15 Å². The summed E-state index contributed by atoms with van der Waals surface area (Å²) < 4.78 is 31.0. The number of hydrogen-bond donors (Lipinski definition) is 1. The number of nitrogens with zero attached hydrogens (tertiary/aromatic N) is 5. The maximum atomic E-state index is 16.1. The third-order valence-electron chi connectivity index (χ3n) is 7.88. The lowest BCUT2D eigenvalue weighted by Gasteiger charge is -2.47. The van der Waals surface area contributed by atoms with Crippen molar-refractivity contribution in [2.75, 3.05) is 13.4 Å². The van der Waals surface area contributed by atoms with Gasteiger partial charge < -0.3 is 19.2 Å². The summed E-state index contributed by atoms with van der Waals surface area (Å²) in [5.41, 5.74) is 1.73. The van der Waals surface area contributed by atoms with Gasteiger partial charge in [0, 0.05) is 17.8 Å². The van der Waals surface area contributed by atoms with E-state index in [-0.39, 0.29) is 53.1 Å². The minimum absolute atomic E-state index is 0.0762. The Balaban J connectivity index is 1.35. The number of carbonyl (C=O) groups excluding carboxylic acids is 2. The smallest absolute Gasteiger partial charge is 0.435 e. The van der Waals surface area contributed by atoms with E-state index in [0.29, 0.717) is 21.7 Å². The number of ether oxygens (including phenoxy) is 3. The molecule has 11 nitrogen and oxygen atoms in total. The Labute approximate surface area is 242 Å². The van der Waals surface area contributed by atoms with Gasteiger partial charge in [0.25, 0.3) is 0 Å². The first kappa shape index (κ1) is 27.5. The number of nitrogens with one attached hydrogen (secondary N) is 1. The SMILES string of the molecule is CCOC(=O)OCOC(=O)[C@H]1C2CCC(CC2)[C@@H]1Cc1nc(-c2c[nH]c3ncc(Cl)nc23)nc(-c2nccs2)c1F. The van der Waals surface area contributed by atoms with E-state index < -0.39 is 30.7 Å². The van der Waals surface area contributed by atoms with Crippen molar-refractivity contribution in [2.24, 2.45) is 23.7 Å². The fraction of sp³-hybridized carbons (Fsp3) is 0.444. The first-order valence-corrected chi connectivity index (χ1v) is 14.6. The first-order valence-electron chi connectivity index (χ1n) is 13.3. The van der Waals surface area contributed by atoms with Crippen LogP contribution >= 0.6 is 22.9 Å². The van der Waals surface area contributed by atoms with E-state index in [1.165, 1.54) is 17.5 Å². The number of fused-ring (bicyclic) bond motifs is 4. The summed E-state index contributed by atoms with van der Waals surface area (Å²) >= 11 is 7.37. The second-order valence-corrected chi connectivity index (χ2v) is 11.3. The molecule has 41 heavy (non-hydrogen) atoms. The standard InChI is InChI=1S/C27H26ClFN6O5S/c1-2-38-27(37)40-12-39-26(36)19-14-5-3-13(4-6-14)15(19)9-17-20(29)22(25-30-7-8-41-25)35-23(33-17)16-10-31-24-21(16)34-18(28)11-32-24/h7-8,10-11,13-15,19H,2-6,9,12H2,1H3,(H,31,32)/t13?,14?,15-,19-/m0/s1. The lowest BCUT2D eigenvalue weighted by Crippen LogP contribution is -2.46. The summed E-state index contributed by atoms with van der Waals surface area (Å²) in [5.74, 6) is -1.20. The molecule has 0 radical (unpaired) electrons. The molecule has 3 saturated carbocycles. The van der Waals surface area contributed by atoms with Gasteiger partial charge in [-0.25, -0.2) is 34.1 Å². The van der Waals surface area contributed by atoms with Gasteiger partial charge in [0.15, 0.2) is 17.3 Å². The minimum Gasteiger partial charge on any atom is -0.435 e. The van der Waals surface area contributed by atoms with Gasteiger partial charge in [-0.2, -0.15) is 0 Å². The van der Waals surface area contributed by atoms with Crippen molar-refractivity contribution >= 4 is 46.2 Å². The molecule has 2 bridgehead atoms. The minimum atomic E-state index is -0.907. The summed E-state index contributed by atoms with van der Waals surface area (Å²) in [7, 11) is 0. The molecule has 0 aliphatic heterocycles. The number of esters is 1. The molecule has 0 saturated heterocycles. The molecule has 0 spiro atoms. The van der Waals surface area contributed by atoms with E-state index >= 15 is 4.39 Å². The zero-order chi connectivity index (χ0) is 28.5. The van der Waals surface area contributed by atoms with Gasteiger partial charge in [-0.3, -0.25) is 4.79 Å². The van der Waals surface area contributed by atoms with E-state index in [1.807, 2.05) is 0 Å². The van der Waals surface area contributed by atoms with Crippen LogP contribution in [0.1, 0.15) is 38.3 Å². The van der Waals surface area contributed by atoms with Crippen LogP contribution in [0.3, 0.4) is 0 Å². The lowest BCUT2D eigenvalue weighted by atomic mass is 9.57. The topological polar surface area (TPSA) is 142 Å². The van der Waals surface area contributed by atoms with Crippen molar-refractivity contribution in [1.29, 1.82) is 0 Å². The molecular formula is C27H26ClFN6O5S. The molecule has 14 heteroatoms. The Morgan fingerprint density at radius 3 is 2.66 bits per heavy atom. The van der Waals surface area contributed by atoms with Crippen molar-refractivity contribution in [1.82, 2.24) is 29.9 Å². The number of halogens is 2. The van der Waals surface area contributed by atoms with Gasteiger partial charge >= 0.3 is 12.1 Å². The Bertz CT molecular complexity index is 1580. The molecule has 4 heterocycles. The molecule has 4 aromatic rings. The molecular weight excluding hydrogens is 575 g/mol. The molecule has 7 rings (SSSR count). The highest BCUT2D eigenvalue weighted by Gasteiger charge is 2.48. The highest BCUT2D eigenvalue weighted by atomic mass is 35.5. The molecule has 1 N–H and O–H groups in total. The van der Waals surface area contributed by atoms with Crippen molar-refractivity contribution in [3.63, 3.8) is 0 Å². The van der Waals surface area contributed by atoms with Crippen LogP contribution in [0.25, 0.3) is 33.3 Å². The summed E-state index contributed by atoms with van der Waals surface area (Å²) in [6.07, 6.45) is 7.62. The number of rotatable bonds is 8. The lowest BCUT2D eigenvalue weighted by molar-refractivity contribution is -0.168. The largest absolute Gasteiger partial charge is 0.511 e. The van der Waals surface area contributed by atoms with Gasteiger partial charge in [0.05, 0.1) is 30.0 Å². The van der Waals surface area contributed by atoms with Gasteiger partial charge in [0.2, 0.25) is 6.79 Å². The van der Waals surface area contributed by atoms with Gasteiger partial charge in [-0.05, 0) is 56.8 Å². The van der Waals surface area contributed by atoms with Crippen LogP contribution in [-0.2, 0) is 25.4 Å². The van der Waals surface area contributed by atoms with Gasteiger partial charge in [0.1, 0.15) is 21.4 Å². The number of hydrogen-bond acceptors (Lipinski definition) is 11. The summed E-state index contributed by atoms with van der Waals surface area (Å²) in [5, 5.41) is 2.36. The molecule has 3 aliphatic rings. The van der Waals surface area contributed by atoms with Crippen LogP contribution in [-0.4, -0.2) is 55.4 Å². The van der Waals surface area contributed by atoms with Gasteiger partial charge in [-0.1, -0.05) is 11.6 Å². The van der Waals surface area contributed by atoms with Crippen LogP contribution in [0, 0.1) is 29.5 Å². The van der Waals surface area contributed by atoms with E-state index in [0.717, 1.165) is 25.7 Å². The normalized spacial score (nSPS) is 21.6. The average Bonchev–Trinajstić information content (AvgIpc) is 3.65. The molecule has 214 valence electrons. The third kappa shape index (κ3) is 5.47. The average molecular weight is 601 g/mol. The van der Waals surface area contributed by atoms with Crippen molar-refractivity contribution in [3.8, 4) is 22.1 Å². The number of H-pyrrole nitrogens is 1. The van der Waals surface area contributed by atoms with Crippen LogP contribution in [0.4, 0.5) is 9.18 Å². The molecule has 3 aliphatic carbocycles. The maximum absolute atomic E-state index is 16.1. The molecule has 2 atom stereocenters. The summed E-state index contributed by atoms with van der Waals surface area (Å²) in [4.78, 5) is 49.9. The molecule has 4 aromatic heterocycles. The van der Waals surface area contributed by atoms with Crippen LogP contribution < -0.4 is 0 Å². The first-order chi connectivity index (χ1) is 19.9. The van der Waals surface area contributed by atoms with Crippen LogP contribution in [0.5, 0.6) is 0 Å². The monoisotopic (exact) mass is 600 g/mol. The number of aromatic amines is 1. The number of carbonyl (C=O) groups is 2. The zero-order valence-electron chi connectivity index (χ0n) is 22.0. The predicted molar refractivity (Wildman–Crippen MR) is 146 cm³/mol. The van der Waals surface area contributed by atoms with Crippen molar-refractivity contribution in [2.45, 2.75) is 39.0 Å². The molecule has 0 amide bonds. The Hall–Kier alpha value is -3.71. The molecule has 3 fully saturated rings. The Morgan fingerprint density at radius 2 is 1.90 bits per heavy atom. The Kier molecular flexibility index (Phi) is 7.80. The predicted octanol–water partition coefficient (Wildman–Crippen LogP) is 5.60. The Morgan fingerprint density at radius 1 is 1.10 bits per heavy atom. The number of aromatic nitrogens is 6. The zero-order valence-corrected chi connectivity index (χ0v) is 23.6. The van der Waals surface area contributed by atoms with E-state index in [2.05, 4.69) is 29.9 Å². The second-order valence-electron chi connectivity index (χ2n) is 10.1. The van der Waals surface area contributed by atoms with Crippen LogP contribution in [0.15, 0.2) is 24.0 Å². The summed E-state index contributed by atoms with van der Waals surface area (Å²) in [6.45, 7) is 1.26. The highest BCUT2D eigenvalue weighted by molar-refractivity contribution is 7.13. The van der Waals surface area contributed by atoms with E-state index in [9.17, 15) is 9.59 Å². The van der Waals surface area contributed by atoms with Gasteiger partial charge in [-0.15, -0.1) is 11.3 Å². The van der Waals surface area contributed by atoms with Crippen molar-refractivity contribution in [3.05, 3.63) is 40.6 Å². The summed E-state index contributed by atoms with van der Waals surface area (Å²) in [6, 6.07) is 0.